The summed E-state index contributed by atoms with van der Waals surface area (Å²) in [6.07, 6.45) is -4.52. The van der Waals surface area contributed by atoms with E-state index in [-0.39, 0.29) is 11.4 Å². The van der Waals surface area contributed by atoms with Crippen LogP contribution < -0.4 is 5.32 Å². The Kier molecular flexibility index (Phi) is 3.44. The topological polar surface area (TPSA) is 44.9 Å². The molecular formula is C15H11F3N2OS. The molecule has 0 fully saturated rings. The Bertz CT molecular complexity index is 816. The van der Waals surface area contributed by atoms with E-state index in [1.165, 1.54) is 29.5 Å². The van der Waals surface area contributed by atoms with Gasteiger partial charge in [-0.25, -0.2) is 0 Å². The van der Waals surface area contributed by atoms with Gasteiger partial charge < -0.3 is 10.3 Å². The van der Waals surface area contributed by atoms with E-state index in [0.29, 0.717) is 0 Å². The van der Waals surface area contributed by atoms with Crippen LogP contribution in [0.1, 0.15) is 20.9 Å². The van der Waals surface area contributed by atoms with Gasteiger partial charge in [-0.3, -0.25) is 4.79 Å². The standard InChI is InChI=1S/C15H11F3N2OS/c1-8-6-11-13(22-8)7-12(19-11)14(21)20-10-5-3-2-4-9(10)15(16,17)18/h2-7,19H,1H3,(H,20,21). The summed E-state index contributed by atoms with van der Waals surface area (Å²) in [6, 6.07) is 8.43. The fourth-order valence-electron chi connectivity index (χ4n) is 2.20. The van der Waals surface area contributed by atoms with Crippen LogP contribution in [-0.2, 0) is 6.18 Å². The Balaban J connectivity index is 1.89. The molecule has 0 aliphatic carbocycles. The number of thiophene rings is 1. The lowest BCUT2D eigenvalue weighted by Crippen LogP contribution is -2.16. The molecule has 0 saturated carbocycles. The number of fused-ring (bicyclic) bond motifs is 1. The van der Waals surface area contributed by atoms with Crippen molar-refractivity contribution in [3.05, 3.63) is 52.5 Å². The van der Waals surface area contributed by atoms with Crippen molar-refractivity contribution in [3.8, 4) is 0 Å². The average molecular weight is 324 g/mol. The molecule has 1 aromatic carbocycles. The maximum Gasteiger partial charge on any atom is 0.418 e. The van der Waals surface area contributed by atoms with E-state index in [9.17, 15) is 18.0 Å². The highest BCUT2D eigenvalue weighted by Gasteiger charge is 2.33. The molecular weight excluding hydrogens is 313 g/mol. The first-order chi connectivity index (χ1) is 10.3. The van der Waals surface area contributed by atoms with E-state index in [2.05, 4.69) is 10.3 Å². The zero-order valence-corrected chi connectivity index (χ0v) is 12.2. The van der Waals surface area contributed by atoms with Gasteiger partial charge in [-0.15, -0.1) is 11.3 Å². The van der Waals surface area contributed by atoms with Crippen molar-refractivity contribution in [2.45, 2.75) is 13.1 Å². The van der Waals surface area contributed by atoms with Crippen molar-refractivity contribution in [3.63, 3.8) is 0 Å². The lowest BCUT2D eigenvalue weighted by atomic mass is 10.1. The Labute approximate surface area is 127 Å². The van der Waals surface area contributed by atoms with Gasteiger partial charge in [0.25, 0.3) is 5.91 Å². The maximum absolute atomic E-state index is 12.9. The number of aryl methyl sites for hydroxylation is 1. The smallest absolute Gasteiger partial charge is 0.350 e. The first-order valence-electron chi connectivity index (χ1n) is 6.41. The molecule has 1 amide bonds. The molecule has 22 heavy (non-hydrogen) atoms. The van der Waals surface area contributed by atoms with Gasteiger partial charge in [-0.1, -0.05) is 12.1 Å². The quantitative estimate of drug-likeness (QED) is 0.698. The fourth-order valence-corrected chi connectivity index (χ4v) is 3.12. The van der Waals surface area contributed by atoms with Gasteiger partial charge in [0.1, 0.15) is 5.69 Å². The molecule has 2 heterocycles. The second kappa shape index (κ2) is 5.17. The molecule has 0 saturated heterocycles. The molecule has 7 heteroatoms. The summed E-state index contributed by atoms with van der Waals surface area (Å²) < 4.78 is 39.6. The normalized spacial score (nSPS) is 11.8. The van der Waals surface area contributed by atoms with Gasteiger partial charge in [-0.2, -0.15) is 13.2 Å². The summed E-state index contributed by atoms with van der Waals surface area (Å²) in [5.74, 6) is -0.599. The van der Waals surface area contributed by atoms with Crippen LogP contribution in [0.4, 0.5) is 18.9 Å². The molecule has 0 radical (unpaired) electrons. The molecule has 0 aliphatic rings. The molecule has 3 rings (SSSR count). The monoisotopic (exact) mass is 324 g/mol. The lowest BCUT2D eigenvalue weighted by Gasteiger charge is -2.12. The number of carbonyl (C=O) groups is 1. The highest BCUT2D eigenvalue weighted by Crippen LogP contribution is 2.35. The molecule has 2 aromatic heterocycles. The molecule has 0 aliphatic heterocycles. The van der Waals surface area contributed by atoms with Gasteiger partial charge in [0.15, 0.2) is 0 Å². The van der Waals surface area contributed by atoms with E-state index in [4.69, 9.17) is 0 Å². The summed E-state index contributed by atoms with van der Waals surface area (Å²) >= 11 is 1.51. The summed E-state index contributed by atoms with van der Waals surface area (Å²) in [5, 5.41) is 2.31. The second-order valence-electron chi connectivity index (χ2n) is 4.82. The predicted octanol–water partition coefficient (Wildman–Crippen LogP) is 4.81. The minimum Gasteiger partial charge on any atom is -0.350 e. The zero-order valence-electron chi connectivity index (χ0n) is 11.4. The molecule has 3 nitrogen and oxygen atoms in total. The number of hydrogen-bond donors (Lipinski definition) is 2. The van der Waals surface area contributed by atoms with Crippen molar-refractivity contribution in [2.24, 2.45) is 0 Å². The van der Waals surface area contributed by atoms with Crippen LogP contribution in [0.25, 0.3) is 10.2 Å². The molecule has 0 spiro atoms. The van der Waals surface area contributed by atoms with Crippen LogP contribution in [0.5, 0.6) is 0 Å². The minimum atomic E-state index is -4.52. The van der Waals surface area contributed by atoms with Crippen LogP contribution in [-0.4, -0.2) is 10.9 Å². The number of alkyl halides is 3. The number of aromatic amines is 1. The summed E-state index contributed by atoms with van der Waals surface area (Å²) in [5.41, 5.74) is -0.0864. The number of benzene rings is 1. The number of halogens is 3. The summed E-state index contributed by atoms with van der Waals surface area (Å²) in [4.78, 5) is 16.1. The van der Waals surface area contributed by atoms with Gasteiger partial charge >= 0.3 is 6.18 Å². The van der Waals surface area contributed by atoms with Crippen molar-refractivity contribution >= 4 is 33.1 Å². The van der Waals surface area contributed by atoms with Crippen LogP contribution in [0.15, 0.2) is 36.4 Å². The van der Waals surface area contributed by atoms with E-state index < -0.39 is 17.6 Å². The number of carbonyl (C=O) groups excluding carboxylic acids is 1. The molecule has 0 bridgehead atoms. The third kappa shape index (κ3) is 2.71. The number of amides is 1. The molecule has 0 unspecified atom stereocenters. The second-order valence-corrected chi connectivity index (χ2v) is 6.10. The molecule has 0 atom stereocenters. The van der Waals surface area contributed by atoms with E-state index in [1.807, 2.05) is 13.0 Å². The molecule has 114 valence electrons. The number of hydrogen-bond acceptors (Lipinski definition) is 2. The Morgan fingerprint density at radius 2 is 1.95 bits per heavy atom. The first kappa shape index (κ1) is 14.6. The maximum atomic E-state index is 12.9. The lowest BCUT2D eigenvalue weighted by molar-refractivity contribution is -0.136. The van der Waals surface area contributed by atoms with E-state index in [1.54, 1.807) is 6.07 Å². The average Bonchev–Trinajstić information content (AvgIpc) is 2.95. The molecule has 3 aromatic rings. The van der Waals surface area contributed by atoms with Crippen molar-refractivity contribution in [1.29, 1.82) is 0 Å². The van der Waals surface area contributed by atoms with Crippen molar-refractivity contribution in [2.75, 3.05) is 5.32 Å². The van der Waals surface area contributed by atoms with E-state index >= 15 is 0 Å². The number of aromatic nitrogens is 1. The van der Waals surface area contributed by atoms with Gasteiger partial charge in [0.2, 0.25) is 0 Å². The highest BCUT2D eigenvalue weighted by atomic mass is 32.1. The largest absolute Gasteiger partial charge is 0.418 e. The first-order valence-corrected chi connectivity index (χ1v) is 7.23. The minimum absolute atomic E-state index is 0.234. The van der Waals surface area contributed by atoms with Crippen LogP contribution in [0.2, 0.25) is 0 Å². The third-order valence-corrected chi connectivity index (χ3v) is 4.15. The Hall–Kier alpha value is -2.28. The summed E-state index contributed by atoms with van der Waals surface area (Å²) in [6.45, 7) is 1.94. The van der Waals surface area contributed by atoms with Crippen LogP contribution in [0, 0.1) is 6.92 Å². The number of H-pyrrole nitrogens is 1. The molecule has 2 N–H and O–H groups in total. The Morgan fingerprint density at radius 3 is 2.64 bits per heavy atom. The van der Waals surface area contributed by atoms with Crippen molar-refractivity contribution in [1.82, 2.24) is 4.98 Å². The van der Waals surface area contributed by atoms with Gasteiger partial charge in [0, 0.05) is 4.88 Å². The Morgan fingerprint density at radius 1 is 1.23 bits per heavy atom. The predicted molar refractivity (Wildman–Crippen MR) is 80.3 cm³/mol. The summed E-state index contributed by atoms with van der Waals surface area (Å²) in [7, 11) is 0. The van der Waals surface area contributed by atoms with E-state index in [0.717, 1.165) is 21.2 Å². The zero-order chi connectivity index (χ0) is 15.9. The number of rotatable bonds is 2. The van der Waals surface area contributed by atoms with Crippen LogP contribution in [0.3, 0.4) is 0 Å². The van der Waals surface area contributed by atoms with Gasteiger partial charge in [0.05, 0.1) is 21.5 Å². The number of para-hydroxylation sites is 1. The highest BCUT2D eigenvalue weighted by molar-refractivity contribution is 7.19. The van der Waals surface area contributed by atoms with Crippen molar-refractivity contribution < 1.29 is 18.0 Å². The SMILES string of the molecule is Cc1cc2[nH]c(C(=O)Nc3ccccc3C(F)(F)F)cc2s1. The fraction of sp³-hybridized carbons (Fsp3) is 0.133. The number of nitrogens with one attached hydrogen (secondary N) is 2. The number of anilines is 1. The van der Waals surface area contributed by atoms with Crippen LogP contribution >= 0.6 is 11.3 Å². The van der Waals surface area contributed by atoms with Gasteiger partial charge in [-0.05, 0) is 31.2 Å². The third-order valence-electron chi connectivity index (χ3n) is 3.15.